The zero-order valence-corrected chi connectivity index (χ0v) is 14.1. The molecule has 0 bridgehead atoms. The molecule has 1 aromatic carbocycles. The standard InChI is InChI=1S/C15H16F3N2O4P/c1-2-24-25(22,23)10-13(21)12-8-19-20(14(12)15(16,17)18)9-11-6-4-3-5-7-11/h3-8H,2,9-10H2,1H3,(H,22,23). The second-order valence-corrected chi connectivity index (χ2v) is 7.03. The fraction of sp³-hybridized carbons (Fsp3) is 0.333. The largest absolute Gasteiger partial charge is 0.433 e. The number of nitrogens with zero attached hydrogens (tertiary/aromatic N) is 2. The van der Waals surface area contributed by atoms with E-state index < -0.39 is 37.0 Å². The van der Waals surface area contributed by atoms with Crippen LogP contribution >= 0.6 is 7.60 Å². The maximum atomic E-state index is 13.4. The molecule has 0 aliphatic rings. The van der Waals surface area contributed by atoms with Gasteiger partial charge in [-0.25, -0.2) is 0 Å². The summed E-state index contributed by atoms with van der Waals surface area (Å²) in [5.74, 6) is -1.15. The quantitative estimate of drug-likeness (QED) is 0.592. The van der Waals surface area contributed by atoms with Crippen molar-refractivity contribution < 1.29 is 31.9 Å². The normalized spacial score (nSPS) is 14.3. The lowest BCUT2D eigenvalue weighted by atomic mass is 10.1. The molecule has 6 nitrogen and oxygen atoms in total. The number of alkyl halides is 3. The minimum absolute atomic E-state index is 0.138. The van der Waals surface area contributed by atoms with Gasteiger partial charge >= 0.3 is 13.8 Å². The third-order valence-electron chi connectivity index (χ3n) is 3.26. The number of benzene rings is 1. The lowest BCUT2D eigenvalue weighted by Crippen LogP contribution is -2.20. The molecule has 1 atom stereocenters. The Kier molecular flexibility index (Phi) is 5.82. The number of halogens is 3. The Morgan fingerprint density at radius 3 is 2.52 bits per heavy atom. The highest BCUT2D eigenvalue weighted by molar-refractivity contribution is 7.53. The van der Waals surface area contributed by atoms with Gasteiger partial charge in [-0.1, -0.05) is 30.3 Å². The smallest absolute Gasteiger partial charge is 0.324 e. The summed E-state index contributed by atoms with van der Waals surface area (Å²) in [6.45, 7) is 1.11. The van der Waals surface area contributed by atoms with Gasteiger partial charge in [0.2, 0.25) is 0 Å². The lowest BCUT2D eigenvalue weighted by molar-refractivity contribution is -0.144. The Morgan fingerprint density at radius 1 is 1.32 bits per heavy atom. The van der Waals surface area contributed by atoms with Gasteiger partial charge < -0.3 is 9.42 Å². The molecule has 1 heterocycles. The van der Waals surface area contributed by atoms with Crippen LogP contribution in [0.25, 0.3) is 0 Å². The fourth-order valence-electron chi connectivity index (χ4n) is 2.28. The summed E-state index contributed by atoms with van der Waals surface area (Å²) in [4.78, 5) is 21.6. The predicted octanol–water partition coefficient (Wildman–Crippen LogP) is 3.35. The number of aromatic nitrogens is 2. The van der Waals surface area contributed by atoms with Crippen LogP contribution in [0, 0.1) is 0 Å². The van der Waals surface area contributed by atoms with Crippen LogP contribution in [0.2, 0.25) is 0 Å². The van der Waals surface area contributed by atoms with Crippen molar-refractivity contribution in [3.05, 3.63) is 53.3 Å². The van der Waals surface area contributed by atoms with E-state index in [1.54, 1.807) is 30.3 Å². The summed E-state index contributed by atoms with van der Waals surface area (Å²) in [7, 11) is -4.30. The monoisotopic (exact) mass is 376 g/mol. The number of carbonyl (C=O) groups excluding carboxylic acids is 1. The summed E-state index contributed by atoms with van der Waals surface area (Å²) in [5, 5.41) is 3.64. The molecular weight excluding hydrogens is 360 g/mol. The molecule has 0 aliphatic heterocycles. The highest BCUT2D eigenvalue weighted by Crippen LogP contribution is 2.43. The molecule has 0 spiro atoms. The summed E-state index contributed by atoms with van der Waals surface area (Å²) in [5.41, 5.74) is -1.44. The Hall–Kier alpha value is -1.96. The molecule has 1 unspecified atom stereocenters. The molecule has 1 N–H and O–H groups in total. The van der Waals surface area contributed by atoms with Crippen molar-refractivity contribution in [3.63, 3.8) is 0 Å². The molecule has 0 saturated heterocycles. The summed E-state index contributed by atoms with van der Waals surface area (Å²) < 4.78 is 57.1. The Morgan fingerprint density at radius 2 is 1.96 bits per heavy atom. The first-order valence-corrected chi connectivity index (χ1v) is 9.07. The van der Waals surface area contributed by atoms with Crippen molar-refractivity contribution in [1.29, 1.82) is 0 Å². The first-order chi connectivity index (χ1) is 11.6. The molecule has 0 radical (unpaired) electrons. The summed E-state index contributed by atoms with van der Waals surface area (Å²) in [6.07, 6.45) is -5.12. The fourth-order valence-corrected chi connectivity index (χ4v) is 3.31. The van der Waals surface area contributed by atoms with Gasteiger partial charge in [0.15, 0.2) is 11.5 Å². The minimum Gasteiger partial charge on any atom is -0.324 e. The minimum atomic E-state index is -4.85. The summed E-state index contributed by atoms with van der Waals surface area (Å²) >= 11 is 0. The van der Waals surface area contributed by atoms with Gasteiger partial charge in [-0.15, -0.1) is 0 Å². The first kappa shape index (κ1) is 19.4. The molecule has 0 aliphatic carbocycles. The zero-order chi connectivity index (χ0) is 18.7. The van der Waals surface area contributed by atoms with Gasteiger partial charge in [0.1, 0.15) is 6.16 Å². The van der Waals surface area contributed by atoms with Crippen molar-refractivity contribution in [2.45, 2.75) is 19.6 Å². The maximum absolute atomic E-state index is 13.4. The van der Waals surface area contributed by atoms with Crippen molar-refractivity contribution in [3.8, 4) is 0 Å². The first-order valence-electron chi connectivity index (χ1n) is 7.30. The third-order valence-corrected chi connectivity index (χ3v) is 4.61. The second kappa shape index (κ2) is 7.51. The van der Waals surface area contributed by atoms with E-state index in [0.717, 1.165) is 6.20 Å². The van der Waals surface area contributed by atoms with E-state index in [2.05, 4.69) is 9.62 Å². The topological polar surface area (TPSA) is 81.4 Å². The van der Waals surface area contributed by atoms with Crippen LogP contribution in [0.4, 0.5) is 13.2 Å². The van der Waals surface area contributed by atoms with E-state index in [-0.39, 0.29) is 13.2 Å². The number of ketones is 1. The maximum Gasteiger partial charge on any atom is 0.433 e. The molecule has 2 aromatic rings. The molecule has 0 fully saturated rings. The zero-order valence-electron chi connectivity index (χ0n) is 13.2. The van der Waals surface area contributed by atoms with E-state index >= 15 is 0 Å². The van der Waals surface area contributed by atoms with Crippen molar-refractivity contribution in [2.75, 3.05) is 12.8 Å². The Balaban J connectivity index is 2.36. The van der Waals surface area contributed by atoms with Gasteiger partial charge in [-0.2, -0.15) is 18.3 Å². The van der Waals surface area contributed by atoms with Gasteiger partial charge in [-0.3, -0.25) is 14.0 Å². The van der Waals surface area contributed by atoms with E-state index in [0.29, 0.717) is 10.2 Å². The van der Waals surface area contributed by atoms with Gasteiger partial charge in [0.05, 0.1) is 24.9 Å². The van der Waals surface area contributed by atoms with E-state index in [1.807, 2.05) is 0 Å². The molecule has 136 valence electrons. The lowest BCUT2D eigenvalue weighted by Gasteiger charge is -2.13. The van der Waals surface area contributed by atoms with Crippen LogP contribution in [0.3, 0.4) is 0 Å². The molecule has 0 amide bonds. The molecular formula is C15H16F3N2O4P. The third kappa shape index (κ3) is 5.01. The van der Waals surface area contributed by atoms with E-state index in [1.165, 1.54) is 6.92 Å². The van der Waals surface area contributed by atoms with E-state index in [4.69, 9.17) is 0 Å². The van der Waals surface area contributed by atoms with Gasteiger partial charge in [0, 0.05) is 0 Å². The number of carbonyl (C=O) groups is 1. The SMILES string of the molecule is CCOP(=O)(O)CC(=O)c1cnn(Cc2ccccc2)c1C(F)(F)F. The average Bonchev–Trinajstić information content (AvgIpc) is 2.91. The number of hydrogen-bond donors (Lipinski definition) is 1. The van der Waals surface area contributed by atoms with Crippen LogP contribution < -0.4 is 0 Å². The second-order valence-electron chi connectivity index (χ2n) is 5.18. The molecule has 25 heavy (non-hydrogen) atoms. The van der Waals surface area contributed by atoms with Gasteiger partial charge in [-0.05, 0) is 12.5 Å². The number of rotatable bonds is 7. The van der Waals surface area contributed by atoms with Gasteiger partial charge in [0.25, 0.3) is 0 Å². The molecule has 10 heteroatoms. The number of Topliss-reactive ketones (excluding diaryl/α,β-unsaturated/α-hetero) is 1. The predicted molar refractivity (Wildman–Crippen MR) is 83.4 cm³/mol. The van der Waals surface area contributed by atoms with Crippen LogP contribution in [0.5, 0.6) is 0 Å². The highest BCUT2D eigenvalue weighted by Gasteiger charge is 2.41. The van der Waals surface area contributed by atoms with Crippen LogP contribution in [0.1, 0.15) is 28.5 Å². The highest BCUT2D eigenvalue weighted by atomic mass is 31.2. The number of hydrogen-bond acceptors (Lipinski definition) is 4. The van der Waals surface area contributed by atoms with Crippen molar-refractivity contribution >= 4 is 13.4 Å². The summed E-state index contributed by atoms with van der Waals surface area (Å²) in [6, 6.07) is 8.31. The van der Waals surface area contributed by atoms with Crippen LogP contribution in [-0.4, -0.2) is 33.2 Å². The molecule has 0 saturated carbocycles. The van der Waals surface area contributed by atoms with Crippen LogP contribution in [-0.2, 0) is 21.8 Å². The van der Waals surface area contributed by atoms with Crippen molar-refractivity contribution in [1.82, 2.24) is 9.78 Å². The van der Waals surface area contributed by atoms with E-state index in [9.17, 15) is 27.4 Å². The molecule has 2 rings (SSSR count). The van der Waals surface area contributed by atoms with Crippen LogP contribution in [0.15, 0.2) is 36.5 Å². The Labute approximate surface area is 141 Å². The Bertz CT molecular complexity index is 790. The van der Waals surface area contributed by atoms with Crippen molar-refractivity contribution in [2.24, 2.45) is 0 Å². The molecule has 1 aromatic heterocycles. The average molecular weight is 376 g/mol.